The molecule has 1 aliphatic carbocycles. The van der Waals surface area contributed by atoms with Gasteiger partial charge in [0.2, 0.25) is 5.43 Å². The number of nitrogens with zero attached hydrogens (tertiary/aromatic N) is 3. The van der Waals surface area contributed by atoms with Crippen molar-refractivity contribution in [1.82, 2.24) is 14.3 Å². The van der Waals surface area contributed by atoms with Gasteiger partial charge in [-0.05, 0) is 31.0 Å². The number of hydrogen-bond acceptors (Lipinski definition) is 4. The van der Waals surface area contributed by atoms with Crippen LogP contribution < -0.4 is 10.2 Å². The third kappa shape index (κ3) is 2.32. The number of fused-ring (bicyclic) bond motifs is 1. The Morgan fingerprint density at radius 2 is 2.17 bits per heavy atom. The van der Waals surface area contributed by atoms with Crippen molar-refractivity contribution < 1.29 is 19.0 Å². The highest BCUT2D eigenvalue weighted by Gasteiger charge is 2.27. The lowest BCUT2D eigenvalue weighted by atomic mass is 10.1. The van der Waals surface area contributed by atoms with E-state index in [1.54, 1.807) is 22.9 Å². The Bertz CT molecular complexity index is 1010. The van der Waals surface area contributed by atoms with E-state index in [0.717, 1.165) is 18.9 Å². The van der Waals surface area contributed by atoms with Crippen molar-refractivity contribution >= 4 is 17.1 Å². The van der Waals surface area contributed by atoms with Crippen LogP contribution >= 0.6 is 0 Å². The van der Waals surface area contributed by atoms with Gasteiger partial charge >= 0.3 is 6.16 Å². The molecule has 0 spiro atoms. The van der Waals surface area contributed by atoms with Gasteiger partial charge in [-0.3, -0.25) is 4.79 Å². The van der Waals surface area contributed by atoms with E-state index in [2.05, 4.69) is 9.84 Å². The Balaban J connectivity index is 2.01. The van der Waals surface area contributed by atoms with E-state index in [-0.39, 0.29) is 22.9 Å². The first-order valence-corrected chi connectivity index (χ1v) is 7.34. The molecule has 122 valence electrons. The number of carbonyl (C=O) groups is 1. The van der Waals surface area contributed by atoms with Gasteiger partial charge < -0.3 is 14.4 Å². The van der Waals surface area contributed by atoms with Crippen LogP contribution in [0.25, 0.3) is 16.6 Å². The third-order valence-corrected chi connectivity index (χ3v) is 3.96. The summed E-state index contributed by atoms with van der Waals surface area (Å²) in [5.74, 6) is -0.953. The fourth-order valence-corrected chi connectivity index (χ4v) is 2.74. The average molecular weight is 329 g/mol. The molecule has 24 heavy (non-hydrogen) atoms. The molecular formula is C16H12FN3O4. The van der Waals surface area contributed by atoms with Gasteiger partial charge in [0.1, 0.15) is 11.5 Å². The van der Waals surface area contributed by atoms with Crippen molar-refractivity contribution in [2.45, 2.75) is 18.9 Å². The molecule has 2 heterocycles. The highest BCUT2D eigenvalue weighted by molar-refractivity contribution is 5.83. The smallest absolute Gasteiger partial charge is 0.449 e. The molecule has 1 N–H and O–H groups in total. The minimum atomic E-state index is -1.58. The van der Waals surface area contributed by atoms with Gasteiger partial charge in [0.05, 0.1) is 17.1 Å². The van der Waals surface area contributed by atoms with E-state index in [1.165, 1.54) is 17.1 Å². The van der Waals surface area contributed by atoms with E-state index in [1.807, 2.05) is 0 Å². The molecule has 4 rings (SSSR count). The van der Waals surface area contributed by atoms with Crippen LogP contribution in [0, 0.1) is 5.82 Å². The zero-order valence-corrected chi connectivity index (χ0v) is 12.3. The number of pyridine rings is 1. The number of carboxylic acid groups (broad SMARTS) is 1. The fraction of sp³-hybridized carbons (Fsp3) is 0.188. The number of ether oxygens (including phenoxy) is 1. The summed E-state index contributed by atoms with van der Waals surface area (Å²) in [6.07, 6.45) is 4.73. The van der Waals surface area contributed by atoms with Crippen molar-refractivity contribution in [3.63, 3.8) is 0 Å². The van der Waals surface area contributed by atoms with Crippen LogP contribution in [-0.2, 0) is 0 Å². The van der Waals surface area contributed by atoms with Crippen molar-refractivity contribution in [3.05, 3.63) is 52.8 Å². The molecular weight excluding hydrogens is 317 g/mol. The van der Waals surface area contributed by atoms with Gasteiger partial charge in [0, 0.05) is 18.4 Å². The highest BCUT2D eigenvalue weighted by Crippen LogP contribution is 2.38. The van der Waals surface area contributed by atoms with Crippen LogP contribution in [0.4, 0.5) is 9.18 Å². The van der Waals surface area contributed by atoms with Crippen LogP contribution in [0.5, 0.6) is 5.75 Å². The zero-order chi connectivity index (χ0) is 16.8. The minimum Gasteiger partial charge on any atom is -0.449 e. The molecule has 0 atom stereocenters. The van der Waals surface area contributed by atoms with Gasteiger partial charge in [-0.1, -0.05) is 0 Å². The van der Waals surface area contributed by atoms with E-state index >= 15 is 0 Å². The zero-order valence-electron chi connectivity index (χ0n) is 12.3. The van der Waals surface area contributed by atoms with Gasteiger partial charge in [0.25, 0.3) is 0 Å². The van der Waals surface area contributed by atoms with Crippen LogP contribution in [0.2, 0.25) is 0 Å². The Morgan fingerprint density at radius 1 is 1.38 bits per heavy atom. The molecule has 0 bridgehead atoms. The first-order valence-electron chi connectivity index (χ1n) is 7.34. The maximum atomic E-state index is 14.4. The molecule has 1 aromatic carbocycles. The van der Waals surface area contributed by atoms with Crippen molar-refractivity contribution in [2.75, 3.05) is 0 Å². The number of halogens is 1. The monoisotopic (exact) mass is 329 g/mol. The molecule has 0 radical (unpaired) electrons. The largest absolute Gasteiger partial charge is 0.511 e. The van der Waals surface area contributed by atoms with Gasteiger partial charge in [-0.15, -0.1) is 0 Å². The quantitative estimate of drug-likeness (QED) is 0.747. The van der Waals surface area contributed by atoms with Crippen molar-refractivity contribution in [3.8, 4) is 11.4 Å². The van der Waals surface area contributed by atoms with Crippen molar-refractivity contribution in [2.24, 2.45) is 0 Å². The summed E-state index contributed by atoms with van der Waals surface area (Å²) in [4.78, 5) is 23.2. The molecule has 1 saturated carbocycles. The predicted molar refractivity (Wildman–Crippen MR) is 82.2 cm³/mol. The first kappa shape index (κ1) is 14.4. The van der Waals surface area contributed by atoms with Crippen LogP contribution in [0.3, 0.4) is 0 Å². The number of aromatic nitrogens is 3. The van der Waals surface area contributed by atoms with Crippen LogP contribution in [0.15, 0.2) is 41.6 Å². The maximum Gasteiger partial charge on any atom is 0.511 e. The van der Waals surface area contributed by atoms with Gasteiger partial charge in [-0.25, -0.2) is 13.9 Å². The second-order valence-electron chi connectivity index (χ2n) is 5.60. The second kappa shape index (κ2) is 5.19. The predicted octanol–water partition coefficient (Wildman–Crippen LogP) is 2.72. The molecule has 2 aromatic heterocycles. The molecule has 0 saturated heterocycles. The lowest BCUT2D eigenvalue weighted by Gasteiger charge is -2.14. The summed E-state index contributed by atoms with van der Waals surface area (Å²) >= 11 is 0. The van der Waals surface area contributed by atoms with Crippen LogP contribution in [0.1, 0.15) is 18.9 Å². The van der Waals surface area contributed by atoms with Gasteiger partial charge in [0.15, 0.2) is 5.75 Å². The first-order chi connectivity index (χ1) is 11.5. The molecule has 0 unspecified atom stereocenters. The Hall–Kier alpha value is -3.16. The van der Waals surface area contributed by atoms with E-state index < -0.39 is 17.4 Å². The molecule has 0 amide bonds. The van der Waals surface area contributed by atoms with Gasteiger partial charge in [-0.2, -0.15) is 5.10 Å². The molecule has 1 fully saturated rings. The third-order valence-electron chi connectivity index (χ3n) is 3.96. The summed E-state index contributed by atoms with van der Waals surface area (Å²) in [6.45, 7) is 0. The second-order valence-corrected chi connectivity index (χ2v) is 5.60. The summed E-state index contributed by atoms with van der Waals surface area (Å²) in [5, 5.41) is 12.9. The molecule has 0 aliphatic heterocycles. The summed E-state index contributed by atoms with van der Waals surface area (Å²) in [5.41, 5.74) is 0.0792. The molecule has 7 nitrogen and oxygen atoms in total. The number of rotatable bonds is 3. The SMILES string of the molecule is O=C(O)Oc1cn(C2CC2)c2cc(-n3cccn3)c(F)cc2c1=O. The minimum absolute atomic E-state index is 0.0778. The Morgan fingerprint density at radius 3 is 2.79 bits per heavy atom. The fourth-order valence-electron chi connectivity index (χ4n) is 2.74. The maximum absolute atomic E-state index is 14.4. The van der Waals surface area contributed by atoms with E-state index in [4.69, 9.17) is 5.11 Å². The van der Waals surface area contributed by atoms with Crippen LogP contribution in [-0.4, -0.2) is 25.6 Å². The molecule has 8 heteroatoms. The normalized spacial score (nSPS) is 14.0. The Labute approximate surface area is 134 Å². The standard InChI is InChI=1S/C16H12FN3O4/c17-11-6-10-12(7-13(11)20-5-1-4-18-20)19(9-2-3-9)8-14(15(10)21)24-16(22)23/h1,4-9H,2-3H2,(H,22,23). The Kier molecular flexibility index (Phi) is 3.12. The summed E-state index contributed by atoms with van der Waals surface area (Å²) < 4.78 is 22.1. The van der Waals surface area contributed by atoms with E-state index in [9.17, 15) is 14.0 Å². The molecule has 1 aliphatic rings. The highest BCUT2D eigenvalue weighted by atomic mass is 19.1. The summed E-state index contributed by atoms with van der Waals surface area (Å²) in [6, 6.07) is 4.45. The number of hydrogen-bond donors (Lipinski definition) is 1. The lowest BCUT2D eigenvalue weighted by Crippen LogP contribution is -2.16. The molecule has 3 aromatic rings. The number of benzene rings is 1. The lowest BCUT2D eigenvalue weighted by molar-refractivity contribution is 0.143. The summed E-state index contributed by atoms with van der Waals surface area (Å²) in [7, 11) is 0. The average Bonchev–Trinajstić information content (AvgIpc) is 3.24. The topological polar surface area (TPSA) is 86.3 Å². The van der Waals surface area contributed by atoms with E-state index in [0.29, 0.717) is 5.52 Å². The van der Waals surface area contributed by atoms with Crippen molar-refractivity contribution in [1.29, 1.82) is 0 Å².